The van der Waals surface area contributed by atoms with Gasteiger partial charge in [-0.25, -0.2) is 0 Å². The molecule has 0 unspecified atom stereocenters. The summed E-state index contributed by atoms with van der Waals surface area (Å²) in [5.74, 6) is 0. The Morgan fingerprint density at radius 3 is 2.92 bits per heavy atom. The molecule has 2 heteroatoms. The molecule has 2 heterocycles. The molecule has 2 rings (SSSR count). The Balaban J connectivity index is 2.96. The maximum Gasteiger partial charge on any atom is 0.255 e. The third-order valence-corrected chi connectivity index (χ3v) is 1.88. The first-order valence-corrected chi connectivity index (χ1v) is 3.85. The Labute approximate surface area is 70.1 Å². The molecule has 0 radical (unpaired) electrons. The first kappa shape index (κ1) is 7.10. The van der Waals surface area contributed by atoms with Crippen LogP contribution in [0.15, 0.2) is 41.3 Å². The van der Waals surface area contributed by atoms with E-state index in [9.17, 15) is 4.79 Å². The predicted octanol–water partition coefficient (Wildman–Crippen LogP) is 1.61. The van der Waals surface area contributed by atoms with Gasteiger partial charge in [0.15, 0.2) is 0 Å². The van der Waals surface area contributed by atoms with Crippen molar-refractivity contribution in [2.75, 3.05) is 0 Å². The zero-order valence-electron chi connectivity index (χ0n) is 6.82. The lowest BCUT2D eigenvalue weighted by molar-refractivity contribution is 1.09. The van der Waals surface area contributed by atoms with Crippen molar-refractivity contribution in [3.63, 3.8) is 0 Å². The lowest BCUT2D eigenvalue weighted by atomic mass is 10.2. The fourth-order valence-corrected chi connectivity index (χ4v) is 1.27. The van der Waals surface area contributed by atoms with Crippen LogP contribution in [-0.2, 0) is 0 Å². The van der Waals surface area contributed by atoms with Gasteiger partial charge in [-0.05, 0) is 30.7 Å². The Kier molecular flexibility index (Phi) is 1.47. The van der Waals surface area contributed by atoms with Gasteiger partial charge in [0.2, 0.25) is 0 Å². The van der Waals surface area contributed by atoms with E-state index in [-0.39, 0.29) is 5.56 Å². The first-order chi connectivity index (χ1) is 5.77. The number of nitrogens with zero attached hydrogens (tertiary/aromatic N) is 1. The van der Waals surface area contributed by atoms with Crippen molar-refractivity contribution in [1.82, 2.24) is 4.40 Å². The van der Waals surface area contributed by atoms with Gasteiger partial charge < -0.3 is 0 Å². The van der Waals surface area contributed by atoms with Crippen LogP contribution in [0.1, 0.15) is 5.56 Å². The van der Waals surface area contributed by atoms with Gasteiger partial charge in [-0.15, -0.1) is 0 Å². The fourth-order valence-electron chi connectivity index (χ4n) is 1.27. The van der Waals surface area contributed by atoms with E-state index < -0.39 is 0 Å². The summed E-state index contributed by atoms with van der Waals surface area (Å²) in [4.78, 5) is 11.3. The summed E-state index contributed by atoms with van der Waals surface area (Å²) in [6, 6.07) is 9.17. The standard InChI is InChI=1S/C10H9NO/c1-8-5-6-11-9(7-8)3-2-4-10(11)12/h2-7H,1H3. The summed E-state index contributed by atoms with van der Waals surface area (Å²) in [6.45, 7) is 2.01. The molecule has 0 saturated heterocycles. The largest absolute Gasteiger partial charge is 0.284 e. The number of fused-ring (bicyclic) bond motifs is 1. The van der Waals surface area contributed by atoms with Gasteiger partial charge in [-0.2, -0.15) is 0 Å². The summed E-state index contributed by atoms with van der Waals surface area (Å²) < 4.78 is 1.63. The topological polar surface area (TPSA) is 21.5 Å². The molecule has 0 amide bonds. The molecular formula is C10H9NO. The van der Waals surface area contributed by atoms with Crippen LogP contribution in [0, 0.1) is 6.92 Å². The molecule has 0 aliphatic heterocycles. The lowest BCUT2D eigenvalue weighted by Gasteiger charge is -1.99. The Morgan fingerprint density at radius 2 is 2.08 bits per heavy atom. The second kappa shape index (κ2) is 2.48. The summed E-state index contributed by atoms with van der Waals surface area (Å²) in [5.41, 5.74) is 2.13. The lowest BCUT2D eigenvalue weighted by Crippen LogP contribution is -2.10. The Morgan fingerprint density at radius 1 is 1.25 bits per heavy atom. The smallest absolute Gasteiger partial charge is 0.255 e. The molecule has 0 aliphatic rings. The molecule has 0 fully saturated rings. The molecule has 2 aromatic rings. The van der Waals surface area contributed by atoms with E-state index in [1.54, 1.807) is 22.7 Å². The number of aromatic nitrogens is 1. The number of hydrogen-bond donors (Lipinski definition) is 0. The van der Waals surface area contributed by atoms with E-state index in [0.717, 1.165) is 5.52 Å². The molecule has 0 aliphatic carbocycles. The van der Waals surface area contributed by atoms with Crippen molar-refractivity contribution in [2.24, 2.45) is 0 Å². The van der Waals surface area contributed by atoms with Crippen LogP contribution in [0.5, 0.6) is 0 Å². The highest BCUT2D eigenvalue weighted by Gasteiger charge is 1.92. The molecule has 0 N–H and O–H groups in total. The second-order valence-electron chi connectivity index (χ2n) is 2.86. The molecule has 12 heavy (non-hydrogen) atoms. The number of aryl methyl sites for hydroxylation is 1. The van der Waals surface area contributed by atoms with Crippen LogP contribution in [0.25, 0.3) is 5.52 Å². The van der Waals surface area contributed by atoms with Gasteiger partial charge in [0, 0.05) is 17.8 Å². The molecular weight excluding hydrogens is 150 g/mol. The monoisotopic (exact) mass is 159 g/mol. The minimum absolute atomic E-state index is 0.0208. The third-order valence-electron chi connectivity index (χ3n) is 1.88. The molecule has 2 nitrogen and oxygen atoms in total. The van der Waals surface area contributed by atoms with Crippen LogP contribution < -0.4 is 5.56 Å². The van der Waals surface area contributed by atoms with Gasteiger partial charge >= 0.3 is 0 Å². The van der Waals surface area contributed by atoms with Crippen molar-refractivity contribution in [1.29, 1.82) is 0 Å². The number of hydrogen-bond acceptors (Lipinski definition) is 1. The highest BCUT2D eigenvalue weighted by atomic mass is 16.1. The zero-order chi connectivity index (χ0) is 8.55. The first-order valence-electron chi connectivity index (χ1n) is 3.85. The SMILES string of the molecule is Cc1ccn2c(=O)cccc2c1. The highest BCUT2D eigenvalue weighted by molar-refractivity contribution is 5.47. The van der Waals surface area contributed by atoms with Gasteiger partial charge in [0.25, 0.3) is 5.56 Å². The third kappa shape index (κ3) is 1.01. The number of pyridine rings is 2. The van der Waals surface area contributed by atoms with Crippen LogP contribution >= 0.6 is 0 Å². The van der Waals surface area contributed by atoms with E-state index in [0.29, 0.717) is 0 Å². The van der Waals surface area contributed by atoms with Crippen LogP contribution in [0.4, 0.5) is 0 Å². The summed E-state index contributed by atoms with van der Waals surface area (Å²) in [5, 5.41) is 0. The molecule has 0 aromatic carbocycles. The zero-order valence-corrected chi connectivity index (χ0v) is 6.82. The maximum absolute atomic E-state index is 11.3. The van der Waals surface area contributed by atoms with Crippen molar-refractivity contribution in [3.8, 4) is 0 Å². The summed E-state index contributed by atoms with van der Waals surface area (Å²) in [7, 11) is 0. The summed E-state index contributed by atoms with van der Waals surface area (Å²) in [6.07, 6.45) is 1.80. The van der Waals surface area contributed by atoms with Crippen LogP contribution in [-0.4, -0.2) is 4.40 Å². The Bertz CT molecular complexity index is 470. The van der Waals surface area contributed by atoms with Crippen molar-refractivity contribution in [3.05, 3.63) is 52.4 Å². The van der Waals surface area contributed by atoms with Crippen molar-refractivity contribution >= 4 is 5.52 Å². The minimum Gasteiger partial charge on any atom is -0.284 e. The molecule has 0 saturated carbocycles. The van der Waals surface area contributed by atoms with Crippen molar-refractivity contribution in [2.45, 2.75) is 6.92 Å². The highest BCUT2D eigenvalue weighted by Crippen LogP contribution is 2.02. The molecule has 2 aromatic heterocycles. The quantitative estimate of drug-likeness (QED) is 0.572. The predicted molar refractivity (Wildman–Crippen MR) is 48.4 cm³/mol. The second-order valence-corrected chi connectivity index (χ2v) is 2.86. The van der Waals surface area contributed by atoms with E-state index in [1.807, 2.05) is 25.1 Å². The van der Waals surface area contributed by atoms with Gasteiger partial charge in [-0.3, -0.25) is 9.20 Å². The van der Waals surface area contributed by atoms with E-state index in [2.05, 4.69) is 0 Å². The normalized spacial score (nSPS) is 10.4. The summed E-state index contributed by atoms with van der Waals surface area (Å²) >= 11 is 0. The molecule has 0 spiro atoms. The van der Waals surface area contributed by atoms with Crippen LogP contribution in [0.2, 0.25) is 0 Å². The Hall–Kier alpha value is -1.57. The van der Waals surface area contributed by atoms with E-state index >= 15 is 0 Å². The number of rotatable bonds is 0. The fraction of sp³-hybridized carbons (Fsp3) is 0.100. The molecule has 0 atom stereocenters. The average molecular weight is 159 g/mol. The minimum atomic E-state index is 0.0208. The van der Waals surface area contributed by atoms with E-state index in [4.69, 9.17) is 0 Å². The molecule has 60 valence electrons. The maximum atomic E-state index is 11.3. The van der Waals surface area contributed by atoms with Crippen molar-refractivity contribution < 1.29 is 0 Å². The van der Waals surface area contributed by atoms with Gasteiger partial charge in [0.1, 0.15) is 0 Å². The van der Waals surface area contributed by atoms with E-state index in [1.165, 1.54) is 5.56 Å². The average Bonchev–Trinajstić information content (AvgIpc) is 2.04. The molecule has 0 bridgehead atoms. The van der Waals surface area contributed by atoms with Gasteiger partial charge in [-0.1, -0.05) is 6.07 Å². The van der Waals surface area contributed by atoms with Crippen LogP contribution in [0.3, 0.4) is 0 Å². The van der Waals surface area contributed by atoms with Gasteiger partial charge in [0.05, 0.1) is 0 Å².